The van der Waals surface area contributed by atoms with Crippen LogP contribution < -0.4 is 4.74 Å². The number of hydrogen-bond acceptors (Lipinski definition) is 5. The van der Waals surface area contributed by atoms with Crippen LogP contribution in [0.15, 0.2) is 60.8 Å². The second-order valence-electron chi connectivity index (χ2n) is 12.2. The Bertz CT molecular complexity index is 1710. The molecule has 0 radical (unpaired) electrons. The second kappa shape index (κ2) is 11.0. The largest absolute Gasteiger partial charge is 0.485 e. The summed E-state index contributed by atoms with van der Waals surface area (Å²) >= 11 is 0. The van der Waals surface area contributed by atoms with Crippen LogP contribution in [0.5, 0.6) is 5.75 Å². The van der Waals surface area contributed by atoms with Crippen LogP contribution in [0.1, 0.15) is 82.4 Å². The number of piperidine rings is 1. The highest BCUT2D eigenvalue weighted by molar-refractivity contribution is 5.88. The SMILES string of the molecule is Cc1cc(C2CCN(C(=O)C3CC3)CC2)ccc1O[C@H]1CCc2cccc(-c3cccc(-n4ncc(C(=O)O)c4C)n3)c21. The predicted octanol–water partition coefficient (Wildman–Crippen LogP) is 6.43. The van der Waals surface area contributed by atoms with Crippen molar-refractivity contribution in [3.63, 3.8) is 0 Å². The molecule has 0 spiro atoms. The Kier molecular flexibility index (Phi) is 7.00. The van der Waals surface area contributed by atoms with Crippen LogP contribution in [0.3, 0.4) is 0 Å². The molecule has 2 aromatic heterocycles. The zero-order valence-electron chi connectivity index (χ0n) is 24.6. The van der Waals surface area contributed by atoms with Crippen molar-refractivity contribution in [1.29, 1.82) is 0 Å². The summed E-state index contributed by atoms with van der Waals surface area (Å²) in [6.07, 6.45) is 7.25. The molecule has 3 heterocycles. The van der Waals surface area contributed by atoms with Gasteiger partial charge in [-0.05, 0) is 93.2 Å². The zero-order chi connectivity index (χ0) is 29.7. The van der Waals surface area contributed by atoms with Gasteiger partial charge in [-0.15, -0.1) is 0 Å². The molecular formula is C35H36N4O4. The van der Waals surface area contributed by atoms with Crippen molar-refractivity contribution in [3.8, 4) is 22.8 Å². The molecule has 1 atom stereocenters. The van der Waals surface area contributed by atoms with E-state index in [0.29, 0.717) is 29.3 Å². The molecule has 2 fully saturated rings. The number of benzene rings is 2. The van der Waals surface area contributed by atoms with Gasteiger partial charge in [0.25, 0.3) is 0 Å². The fraction of sp³-hybridized carbons (Fsp3) is 0.371. The Hall–Kier alpha value is -4.46. The summed E-state index contributed by atoms with van der Waals surface area (Å²) in [6.45, 7) is 5.57. The van der Waals surface area contributed by atoms with Crippen molar-refractivity contribution in [2.24, 2.45) is 5.92 Å². The van der Waals surface area contributed by atoms with Crippen molar-refractivity contribution in [2.45, 2.75) is 64.4 Å². The predicted molar refractivity (Wildman–Crippen MR) is 163 cm³/mol. The molecule has 8 heteroatoms. The van der Waals surface area contributed by atoms with E-state index in [-0.39, 0.29) is 11.7 Å². The van der Waals surface area contributed by atoms with Gasteiger partial charge in [0.05, 0.1) is 17.6 Å². The molecule has 2 aromatic carbocycles. The van der Waals surface area contributed by atoms with Gasteiger partial charge in [-0.25, -0.2) is 14.5 Å². The van der Waals surface area contributed by atoms with E-state index >= 15 is 0 Å². The normalized spacial score (nSPS) is 18.5. The number of carbonyl (C=O) groups is 2. The maximum atomic E-state index is 12.5. The number of likely N-dealkylation sites (tertiary alicyclic amines) is 1. The first-order valence-corrected chi connectivity index (χ1v) is 15.3. The van der Waals surface area contributed by atoms with Crippen LogP contribution in [0, 0.1) is 19.8 Å². The lowest BCUT2D eigenvalue weighted by atomic mass is 9.88. The van der Waals surface area contributed by atoms with Crippen LogP contribution in [0.25, 0.3) is 17.1 Å². The molecule has 220 valence electrons. The van der Waals surface area contributed by atoms with Gasteiger partial charge < -0.3 is 14.7 Å². The molecule has 8 nitrogen and oxygen atoms in total. The number of aromatic nitrogens is 3. The highest BCUT2D eigenvalue weighted by Crippen LogP contribution is 2.42. The Labute approximate surface area is 251 Å². The summed E-state index contributed by atoms with van der Waals surface area (Å²) in [5.41, 5.74) is 7.40. The van der Waals surface area contributed by atoms with Crippen LogP contribution in [-0.2, 0) is 11.2 Å². The standard InChI is InChI=1S/C35H36N4O4/c1-21-19-26(23-15-17-38(18-16-23)34(40)25-9-10-25)12-13-30(21)43-31-14-11-24-5-3-6-27(33(24)31)29-7-4-8-32(37-29)39-22(2)28(20-36-39)35(41)42/h3-8,12-13,19-20,23,25,31H,9-11,14-18H2,1-2H3,(H,41,42)/t31-/m0/s1. The molecule has 0 bridgehead atoms. The van der Waals surface area contributed by atoms with E-state index in [4.69, 9.17) is 9.72 Å². The molecule has 7 rings (SSSR count). The summed E-state index contributed by atoms with van der Waals surface area (Å²) in [7, 11) is 0. The smallest absolute Gasteiger partial charge is 0.339 e. The average Bonchev–Trinajstić information content (AvgIpc) is 3.68. The molecule has 3 aliphatic rings. The molecule has 1 saturated heterocycles. The van der Waals surface area contributed by atoms with E-state index in [1.165, 1.54) is 17.3 Å². The Morgan fingerprint density at radius 2 is 1.74 bits per heavy atom. The van der Waals surface area contributed by atoms with Gasteiger partial charge in [0.2, 0.25) is 5.91 Å². The van der Waals surface area contributed by atoms with E-state index in [1.807, 2.05) is 18.2 Å². The summed E-state index contributed by atoms with van der Waals surface area (Å²) in [5.74, 6) is 1.59. The van der Waals surface area contributed by atoms with Gasteiger partial charge >= 0.3 is 5.97 Å². The lowest BCUT2D eigenvalue weighted by Crippen LogP contribution is -2.38. The lowest BCUT2D eigenvalue weighted by molar-refractivity contribution is -0.133. The third kappa shape index (κ3) is 5.19. The minimum absolute atomic E-state index is 0.0945. The number of carboxylic acids is 1. The summed E-state index contributed by atoms with van der Waals surface area (Å²) in [4.78, 5) is 31.0. The van der Waals surface area contributed by atoms with Gasteiger partial charge in [0.1, 0.15) is 17.4 Å². The molecule has 1 amide bonds. The first kappa shape index (κ1) is 27.4. The van der Waals surface area contributed by atoms with Gasteiger partial charge in [-0.2, -0.15) is 5.10 Å². The van der Waals surface area contributed by atoms with E-state index in [2.05, 4.69) is 53.3 Å². The summed E-state index contributed by atoms with van der Waals surface area (Å²) < 4.78 is 8.29. The number of nitrogens with zero attached hydrogens (tertiary/aromatic N) is 4. The molecule has 43 heavy (non-hydrogen) atoms. The number of ether oxygens (including phenoxy) is 1. The molecular weight excluding hydrogens is 540 g/mol. The maximum Gasteiger partial charge on any atom is 0.339 e. The Morgan fingerprint density at radius 3 is 2.47 bits per heavy atom. The average molecular weight is 577 g/mol. The summed E-state index contributed by atoms with van der Waals surface area (Å²) in [5, 5.41) is 13.7. The van der Waals surface area contributed by atoms with Crippen molar-refractivity contribution in [3.05, 3.63) is 94.3 Å². The van der Waals surface area contributed by atoms with Gasteiger partial charge in [-0.3, -0.25) is 4.79 Å². The highest BCUT2D eigenvalue weighted by Gasteiger charge is 2.35. The number of carbonyl (C=O) groups excluding carboxylic acids is 1. The van der Waals surface area contributed by atoms with Crippen LogP contribution >= 0.6 is 0 Å². The number of fused-ring (bicyclic) bond motifs is 1. The number of aromatic carboxylic acids is 1. The van der Waals surface area contributed by atoms with Crippen molar-refractivity contribution in [1.82, 2.24) is 19.7 Å². The number of amides is 1. The minimum Gasteiger partial charge on any atom is -0.485 e. The number of pyridine rings is 1. The van der Waals surface area contributed by atoms with Crippen molar-refractivity contribution >= 4 is 11.9 Å². The maximum absolute atomic E-state index is 12.5. The fourth-order valence-corrected chi connectivity index (χ4v) is 6.76. The van der Waals surface area contributed by atoms with E-state index in [0.717, 1.165) is 79.7 Å². The number of carboxylic acid groups (broad SMARTS) is 1. The van der Waals surface area contributed by atoms with E-state index < -0.39 is 5.97 Å². The first-order valence-electron chi connectivity index (χ1n) is 15.3. The zero-order valence-corrected chi connectivity index (χ0v) is 24.6. The first-order chi connectivity index (χ1) is 20.9. The molecule has 1 N–H and O–H groups in total. The second-order valence-corrected chi connectivity index (χ2v) is 12.2. The van der Waals surface area contributed by atoms with Crippen LogP contribution in [0.2, 0.25) is 0 Å². The van der Waals surface area contributed by atoms with Crippen molar-refractivity contribution in [2.75, 3.05) is 13.1 Å². The van der Waals surface area contributed by atoms with E-state index in [1.54, 1.807) is 11.6 Å². The van der Waals surface area contributed by atoms with Crippen LogP contribution in [-0.4, -0.2) is 49.7 Å². The lowest BCUT2D eigenvalue weighted by Gasteiger charge is -2.32. The highest BCUT2D eigenvalue weighted by atomic mass is 16.5. The molecule has 1 aliphatic heterocycles. The number of hydrogen-bond donors (Lipinski definition) is 1. The minimum atomic E-state index is -1.00. The number of aryl methyl sites for hydroxylation is 2. The third-order valence-corrected chi connectivity index (χ3v) is 9.33. The van der Waals surface area contributed by atoms with Crippen LogP contribution in [0.4, 0.5) is 0 Å². The molecule has 2 aliphatic carbocycles. The van der Waals surface area contributed by atoms with Gasteiger partial charge in [0, 0.05) is 30.1 Å². The molecule has 4 aromatic rings. The quantitative estimate of drug-likeness (QED) is 0.272. The fourth-order valence-electron chi connectivity index (χ4n) is 6.76. The van der Waals surface area contributed by atoms with Gasteiger partial charge in [-0.1, -0.05) is 36.4 Å². The Balaban J connectivity index is 1.11. The molecule has 0 unspecified atom stereocenters. The van der Waals surface area contributed by atoms with E-state index in [9.17, 15) is 14.7 Å². The monoisotopic (exact) mass is 576 g/mol. The van der Waals surface area contributed by atoms with Gasteiger partial charge in [0.15, 0.2) is 5.82 Å². The van der Waals surface area contributed by atoms with Crippen molar-refractivity contribution < 1.29 is 19.4 Å². The third-order valence-electron chi connectivity index (χ3n) is 9.33. The molecule has 1 saturated carbocycles. The summed E-state index contributed by atoms with van der Waals surface area (Å²) in [6, 6.07) is 18.7. The topological polar surface area (TPSA) is 97.6 Å². The Morgan fingerprint density at radius 1 is 0.953 bits per heavy atom. The number of rotatable bonds is 7.